The molecule has 2 fully saturated rings. The van der Waals surface area contributed by atoms with Gasteiger partial charge >= 0.3 is 0 Å². The molecular weight excluding hydrogens is 232 g/mol. The highest BCUT2D eigenvalue weighted by atomic mass is 15.1. The molecule has 1 saturated carbocycles. The van der Waals surface area contributed by atoms with Crippen LogP contribution in [0.15, 0.2) is 0 Å². The van der Waals surface area contributed by atoms with Crippen LogP contribution in [-0.2, 0) is 0 Å². The minimum Gasteiger partial charge on any atom is -0.317 e. The van der Waals surface area contributed by atoms with Crippen LogP contribution in [0, 0.1) is 5.41 Å². The molecule has 1 N–H and O–H groups in total. The van der Waals surface area contributed by atoms with E-state index in [9.17, 15) is 0 Å². The lowest BCUT2D eigenvalue weighted by Crippen LogP contribution is -2.41. The van der Waals surface area contributed by atoms with Crippen molar-refractivity contribution in [1.82, 2.24) is 10.2 Å². The van der Waals surface area contributed by atoms with Crippen LogP contribution in [0.3, 0.4) is 0 Å². The van der Waals surface area contributed by atoms with E-state index < -0.39 is 0 Å². The second-order valence-corrected chi connectivity index (χ2v) is 6.86. The van der Waals surface area contributed by atoms with E-state index in [0.29, 0.717) is 0 Å². The number of hydrogen-bond acceptors (Lipinski definition) is 2. The van der Waals surface area contributed by atoms with Crippen LogP contribution >= 0.6 is 0 Å². The minimum absolute atomic E-state index is 0.775. The van der Waals surface area contributed by atoms with Crippen molar-refractivity contribution in [3.05, 3.63) is 0 Å². The van der Waals surface area contributed by atoms with Gasteiger partial charge in [0.25, 0.3) is 0 Å². The van der Waals surface area contributed by atoms with E-state index in [-0.39, 0.29) is 0 Å². The Balaban J connectivity index is 1.53. The van der Waals surface area contributed by atoms with Crippen molar-refractivity contribution < 1.29 is 0 Å². The molecule has 1 aliphatic heterocycles. The highest BCUT2D eigenvalue weighted by Crippen LogP contribution is 2.44. The first-order chi connectivity index (χ1) is 9.35. The smallest absolute Gasteiger partial charge is 0.00134 e. The molecule has 0 amide bonds. The Morgan fingerprint density at radius 3 is 2.32 bits per heavy atom. The first kappa shape index (κ1) is 15.3. The van der Waals surface area contributed by atoms with Gasteiger partial charge in [0.1, 0.15) is 0 Å². The van der Waals surface area contributed by atoms with Crippen LogP contribution in [0.25, 0.3) is 0 Å². The fourth-order valence-corrected chi connectivity index (χ4v) is 3.94. The quantitative estimate of drug-likeness (QED) is 0.705. The predicted molar refractivity (Wildman–Crippen MR) is 83.6 cm³/mol. The maximum absolute atomic E-state index is 3.50. The van der Waals surface area contributed by atoms with Crippen LogP contribution in [0.4, 0.5) is 0 Å². The Morgan fingerprint density at radius 2 is 1.63 bits per heavy atom. The molecule has 1 heterocycles. The molecule has 1 spiro atoms. The molecule has 0 radical (unpaired) electrons. The largest absolute Gasteiger partial charge is 0.317 e. The van der Waals surface area contributed by atoms with E-state index >= 15 is 0 Å². The molecule has 112 valence electrons. The third-order valence-electron chi connectivity index (χ3n) is 5.34. The molecular formula is C17H34N2. The molecule has 2 aliphatic rings. The minimum atomic E-state index is 0.775. The molecule has 2 rings (SSSR count). The van der Waals surface area contributed by atoms with E-state index in [1.807, 2.05) is 0 Å². The molecule has 1 aliphatic carbocycles. The van der Waals surface area contributed by atoms with Gasteiger partial charge in [-0.3, -0.25) is 0 Å². The van der Waals surface area contributed by atoms with E-state index in [1.165, 1.54) is 96.9 Å². The van der Waals surface area contributed by atoms with E-state index in [1.54, 1.807) is 0 Å². The fraction of sp³-hybridized carbons (Fsp3) is 1.00. The number of nitrogens with one attached hydrogen (secondary N) is 1. The van der Waals surface area contributed by atoms with E-state index in [0.717, 1.165) is 5.41 Å². The van der Waals surface area contributed by atoms with E-state index in [2.05, 4.69) is 17.1 Å². The zero-order valence-electron chi connectivity index (χ0n) is 13.1. The van der Waals surface area contributed by atoms with Gasteiger partial charge in [-0.15, -0.1) is 0 Å². The van der Waals surface area contributed by atoms with Gasteiger partial charge in [-0.1, -0.05) is 26.2 Å². The van der Waals surface area contributed by atoms with Crippen molar-refractivity contribution in [2.24, 2.45) is 5.41 Å². The summed E-state index contributed by atoms with van der Waals surface area (Å²) >= 11 is 0. The van der Waals surface area contributed by atoms with Crippen molar-refractivity contribution in [3.63, 3.8) is 0 Å². The maximum atomic E-state index is 3.50. The van der Waals surface area contributed by atoms with Crippen molar-refractivity contribution in [1.29, 1.82) is 0 Å². The summed E-state index contributed by atoms with van der Waals surface area (Å²) in [6.07, 6.45) is 14.5. The predicted octanol–water partition coefficient (Wildman–Crippen LogP) is 3.81. The van der Waals surface area contributed by atoms with Gasteiger partial charge < -0.3 is 10.2 Å². The summed E-state index contributed by atoms with van der Waals surface area (Å²) in [5.41, 5.74) is 0.775. The first-order valence-corrected chi connectivity index (χ1v) is 8.78. The number of rotatable bonds is 7. The first-order valence-electron chi connectivity index (χ1n) is 8.78. The highest BCUT2D eigenvalue weighted by Gasteiger charge is 2.35. The van der Waals surface area contributed by atoms with Gasteiger partial charge in [-0.25, -0.2) is 0 Å². The number of likely N-dealkylation sites (tertiary alicyclic amines) is 1. The molecule has 0 unspecified atom stereocenters. The summed E-state index contributed by atoms with van der Waals surface area (Å²) in [6, 6.07) is 0. The van der Waals surface area contributed by atoms with Gasteiger partial charge in [0.2, 0.25) is 0 Å². The molecule has 0 aromatic rings. The van der Waals surface area contributed by atoms with Crippen molar-refractivity contribution >= 4 is 0 Å². The third-order valence-corrected chi connectivity index (χ3v) is 5.34. The molecule has 2 nitrogen and oxygen atoms in total. The summed E-state index contributed by atoms with van der Waals surface area (Å²) in [6.45, 7) is 8.73. The number of nitrogens with zero attached hydrogens (tertiary/aromatic N) is 1. The summed E-state index contributed by atoms with van der Waals surface area (Å²) in [7, 11) is 0. The Morgan fingerprint density at radius 1 is 0.895 bits per heavy atom. The topological polar surface area (TPSA) is 15.3 Å². The van der Waals surface area contributed by atoms with Gasteiger partial charge in [0.15, 0.2) is 0 Å². The van der Waals surface area contributed by atoms with Crippen molar-refractivity contribution in [3.8, 4) is 0 Å². The SMILES string of the molecule is CCCNCCCCN1CCC2(CCCCC2)CC1. The Labute approximate surface area is 120 Å². The van der Waals surface area contributed by atoms with Crippen LogP contribution in [0.5, 0.6) is 0 Å². The van der Waals surface area contributed by atoms with Crippen LogP contribution in [0.1, 0.15) is 71.1 Å². The van der Waals surface area contributed by atoms with Gasteiger partial charge in [0.05, 0.1) is 0 Å². The Hall–Kier alpha value is -0.0800. The molecule has 0 aromatic carbocycles. The van der Waals surface area contributed by atoms with Crippen LogP contribution in [-0.4, -0.2) is 37.6 Å². The lowest BCUT2D eigenvalue weighted by molar-refractivity contribution is 0.0671. The summed E-state index contributed by atoms with van der Waals surface area (Å²) in [5.74, 6) is 0. The summed E-state index contributed by atoms with van der Waals surface area (Å²) < 4.78 is 0. The number of hydrogen-bond donors (Lipinski definition) is 1. The molecule has 0 aromatic heterocycles. The lowest BCUT2D eigenvalue weighted by Gasteiger charge is -2.44. The number of piperidine rings is 1. The monoisotopic (exact) mass is 266 g/mol. The standard InChI is InChI=1S/C17H34N2/c1-2-12-18-13-6-7-14-19-15-10-17(11-16-19)8-4-3-5-9-17/h18H,2-16H2,1H3. The van der Waals surface area contributed by atoms with Gasteiger partial charge in [0, 0.05) is 0 Å². The van der Waals surface area contributed by atoms with Gasteiger partial charge in [-0.2, -0.15) is 0 Å². The Bertz CT molecular complexity index is 223. The highest BCUT2D eigenvalue weighted by molar-refractivity contribution is 4.88. The second kappa shape index (κ2) is 8.26. The summed E-state index contributed by atoms with van der Waals surface area (Å²) in [5, 5.41) is 3.50. The van der Waals surface area contributed by atoms with E-state index in [4.69, 9.17) is 0 Å². The van der Waals surface area contributed by atoms with Crippen molar-refractivity contribution in [2.45, 2.75) is 71.1 Å². The zero-order chi connectivity index (χ0) is 13.4. The number of unbranched alkanes of at least 4 members (excludes halogenated alkanes) is 1. The third kappa shape index (κ3) is 5.07. The molecule has 2 heteroatoms. The maximum Gasteiger partial charge on any atom is -0.00134 e. The van der Waals surface area contributed by atoms with Crippen LogP contribution < -0.4 is 5.32 Å². The van der Waals surface area contributed by atoms with Crippen LogP contribution in [0.2, 0.25) is 0 Å². The molecule has 1 saturated heterocycles. The zero-order valence-corrected chi connectivity index (χ0v) is 13.1. The molecule has 0 atom stereocenters. The second-order valence-electron chi connectivity index (χ2n) is 6.86. The normalized spacial score (nSPS) is 23.8. The fourth-order valence-electron chi connectivity index (χ4n) is 3.94. The van der Waals surface area contributed by atoms with Gasteiger partial charge in [-0.05, 0) is 83.1 Å². The molecule has 0 bridgehead atoms. The molecule has 19 heavy (non-hydrogen) atoms. The average molecular weight is 266 g/mol. The summed E-state index contributed by atoms with van der Waals surface area (Å²) in [4.78, 5) is 2.72. The van der Waals surface area contributed by atoms with Crippen molar-refractivity contribution in [2.75, 3.05) is 32.7 Å². The average Bonchev–Trinajstić information content (AvgIpc) is 2.46. The lowest BCUT2D eigenvalue weighted by atomic mass is 9.68. The Kier molecular flexibility index (Phi) is 6.66.